The Morgan fingerprint density at radius 3 is 2.56 bits per heavy atom. The molecule has 2 heterocycles. The van der Waals surface area contributed by atoms with E-state index in [1.165, 1.54) is 6.07 Å². The summed E-state index contributed by atoms with van der Waals surface area (Å²) in [4.78, 5) is 38.0. The summed E-state index contributed by atoms with van der Waals surface area (Å²) in [6.45, 7) is 5.72. The molecule has 0 unspecified atom stereocenters. The first-order valence-corrected chi connectivity index (χ1v) is 9.44. The lowest BCUT2D eigenvalue weighted by Gasteiger charge is -2.07. The summed E-state index contributed by atoms with van der Waals surface area (Å²) in [6.07, 6.45) is 0.109. The van der Waals surface area contributed by atoms with E-state index in [0.717, 1.165) is 20.7 Å². The Hall–Kier alpha value is -2.73. The van der Waals surface area contributed by atoms with Crippen LogP contribution >= 0.6 is 11.3 Å². The number of hydrogen-bond donors (Lipinski definition) is 0. The number of benzene rings is 1. The number of hydrogen-bond acceptors (Lipinski definition) is 6. The van der Waals surface area contributed by atoms with Gasteiger partial charge < -0.3 is 9.15 Å². The normalized spacial score (nSPS) is 10.9. The van der Waals surface area contributed by atoms with Crippen molar-refractivity contribution in [2.75, 3.05) is 0 Å². The van der Waals surface area contributed by atoms with Gasteiger partial charge in [0.15, 0.2) is 5.78 Å². The van der Waals surface area contributed by atoms with Gasteiger partial charge in [0.05, 0.1) is 6.42 Å². The maximum atomic E-state index is 12.3. The topological polar surface area (TPSA) is 73.6 Å². The van der Waals surface area contributed by atoms with Gasteiger partial charge in [0.2, 0.25) is 0 Å². The molecule has 0 fully saturated rings. The van der Waals surface area contributed by atoms with Crippen LogP contribution in [0.5, 0.6) is 0 Å². The SMILES string of the molecule is Cc1ccc2c(COC(=O)CCC(=O)c3cc(C)sc3C)cc(=O)oc2c1. The van der Waals surface area contributed by atoms with Gasteiger partial charge in [-0.15, -0.1) is 11.3 Å². The number of thiophene rings is 1. The Morgan fingerprint density at radius 1 is 1.07 bits per heavy atom. The van der Waals surface area contributed by atoms with Crippen LogP contribution in [0.4, 0.5) is 0 Å². The predicted octanol–water partition coefficient (Wildman–Crippen LogP) is 4.49. The molecule has 140 valence electrons. The van der Waals surface area contributed by atoms with Crippen LogP contribution in [0.3, 0.4) is 0 Å². The molecule has 1 aromatic carbocycles. The van der Waals surface area contributed by atoms with E-state index < -0.39 is 11.6 Å². The van der Waals surface area contributed by atoms with Crippen molar-refractivity contribution in [3.8, 4) is 0 Å². The lowest BCUT2D eigenvalue weighted by molar-refractivity contribution is -0.144. The average molecular weight is 384 g/mol. The van der Waals surface area contributed by atoms with Crippen LogP contribution in [-0.4, -0.2) is 11.8 Å². The van der Waals surface area contributed by atoms with E-state index in [9.17, 15) is 14.4 Å². The Kier molecular flexibility index (Phi) is 5.56. The van der Waals surface area contributed by atoms with E-state index in [4.69, 9.17) is 9.15 Å². The lowest BCUT2D eigenvalue weighted by Crippen LogP contribution is -2.10. The Balaban J connectivity index is 1.63. The first-order chi connectivity index (χ1) is 12.8. The van der Waals surface area contributed by atoms with Crippen LogP contribution < -0.4 is 5.63 Å². The first kappa shape index (κ1) is 19.0. The van der Waals surface area contributed by atoms with Crippen molar-refractivity contribution in [2.45, 2.75) is 40.2 Å². The summed E-state index contributed by atoms with van der Waals surface area (Å²) in [7, 11) is 0. The van der Waals surface area contributed by atoms with Crippen molar-refractivity contribution in [3.05, 3.63) is 67.2 Å². The van der Waals surface area contributed by atoms with Crippen molar-refractivity contribution in [3.63, 3.8) is 0 Å². The number of aryl methyl sites for hydroxylation is 3. The maximum absolute atomic E-state index is 12.3. The summed E-state index contributed by atoms with van der Waals surface area (Å²) in [5.74, 6) is -0.531. The Bertz CT molecular complexity index is 1070. The molecule has 0 saturated heterocycles. The second-order valence-corrected chi connectivity index (χ2v) is 7.96. The number of carbonyl (C=O) groups is 2. The Morgan fingerprint density at radius 2 is 1.85 bits per heavy atom. The largest absolute Gasteiger partial charge is 0.461 e. The van der Waals surface area contributed by atoms with Crippen LogP contribution in [0.1, 0.15) is 44.1 Å². The zero-order valence-electron chi connectivity index (χ0n) is 15.5. The minimum atomic E-state index is -0.488. The molecule has 0 atom stereocenters. The van der Waals surface area contributed by atoms with Crippen molar-refractivity contribution >= 4 is 34.1 Å². The molecule has 3 aromatic rings. The fourth-order valence-corrected chi connectivity index (χ4v) is 3.89. The predicted molar refractivity (Wildman–Crippen MR) is 104 cm³/mol. The third-order valence-electron chi connectivity index (χ3n) is 4.27. The van der Waals surface area contributed by atoms with Gasteiger partial charge in [0.25, 0.3) is 0 Å². The molecule has 27 heavy (non-hydrogen) atoms. The highest BCUT2D eigenvalue weighted by Gasteiger charge is 2.15. The molecule has 0 saturated carbocycles. The monoisotopic (exact) mass is 384 g/mol. The van der Waals surface area contributed by atoms with Crippen LogP contribution in [-0.2, 0) is 16.1 Å². The van der Waals surface area contributed by atoms with Crippen LogP contribution in [0.25, 0.3) is 11.0 Å². The highest BCUT2D eigenvalue weighted by atomic mass is 32.1. The number of ether oxygens (including phenoxy) is 1. The van der Waals surface area contributed by atoms with Gasteiger partial charge in [-0.1, -0.05) is 12.1 Å². The molecular weight excluding hydrogens is 364 g/mol. The third kappa shape index (κ3) is 4.52. The fraction of sp³-hybridized carbons (Fsp3) is 0.286. The highest BCUT2D eigenvalue weighted by Crippen LogP contribution is 2.23. The van der Waals surface area contributed by atoms with Crippen molar-refractivity contribution < 1.29 is 18.7 Å². The summed E-state index contributed by atoms with van der Waals surface area (Å²) < 4.78 is 10.5. The molecule has 3 rings (SSSR count). The lowest BCUT2D eigenvalue weighted by atomic mass is 10.1. The molecule has 0 bridgehead atoms. The van der Waals surface area contributed by atoms with Gasteiger partial charge in [-0.2, -0.15) is 0 Å². The second kappa shape index (κ2) is 7.88. The zero-order valence-corrected chi connectivity index (χ0v) is 16.3. The molecule has 0 radical (unpaired) electrons. The van der Waals surface area contributed by atoms with Gasteiger partial charge in [0.1, 0.15) is 12.2 Å². The molecule has 6 heteroatoms. The maximum Gasteiger partial charge on any atom is 0.336 e. The molecular formula is C21H20O5S. The number of fused-ring (bicyclic) bond motifs is 1. The van der Waals surface area contributed by atoms with Gasteiger partial charge in [-0.3, -0.25) is 9.59 Å². The van der Waals surface area contributed by atoms with Gasteiger partial charge in [0, 0.05) is 38.8 Å². The van der Waals surface area contributed by atoms with Crippen LogP contribution in [0.2, 0.25) is 0 Å². The van der Waals surface area contributed by atoms with Gasteiger partial charge >= 0.3 is 11.6 Å². The summed E-state index contributed by atoms with van der Waals surface area (Å²) in [6, 6.07) is 8.68. The Labute approximate surface area is 160 Å². The number of esters is 1. The molecule has 2 aromatic heterocycles. The minimum Gasteiger partial charge on any atom is -0.461 e. The van der Waals surface area contributed by atoms with Crippen molar-refractivity contribution in [2.24, 2.45) is 0 Å². The number of Topliss-reactive ketones (excluding diaryl/α,β-unsaturated/α-hetero) is 1. The van der Waals surface area contributed by atoms with Gasteiger partial charge in [-0.05, 0) is 38.5 Å². The first-order valence-electron chi connectivity index (χ1n) is 8.63. The minimum absolute atomic E-state index is 0.00560. The smallest absolute Gasteiger partial charge is 0.336 e. The molecule has 0 aliphatic rings. The molecule has 0 aliphatic carbocycles. The summed E-state index contributed by atoms with van der Waals surface area (Å²) in [5.41, 5.74) is 2.21. The molecule has 0 spiro atoms. The van der Waals surface area contributed by atoms with Crippen molar-refractivity contribution in [1.29, 1.82) is 0 Å². The summed E-state index contributed by atoms with van der Waals surface area (Å²) in [5, 5.41) is 0.730. The van der Waals surface area contributed by atoms with E-state index in [0.29, 0.717) is 16.7 Å². The van der Waals surface area contributed by atoms with Crippen LogP contribution in [0.15, 0.2) is 39.5 Å². The van der Waals surface area contributed by atoms with E-state index in [1.807, 2.05) is 39.0 Å². The van der Waals surface area contributed by atoms with Crippen LogP contribution in [0, 0.1) is 20.8 Å². The summed E-state index contributed by atoms with van der Waals surface area (Å²) >= 11 is 1.57. The number of carbonyl (C=O) groups excluding carboxylic acids is 2. The second-order valence-electron chi connectivity index (χ2n) is 6.50. The van der Waals surface area contributed by atoms with Crippen molar-refractivity contribution in [1.82, 2.24) is 0 Å². The van der Waals surface area contributed by atoms with E-state index in [2.05, 4.69) is 0 Å². The molecule has 0 aliphatic heterocycles. The number of rotatable bonds is 6. The fourth-order valence-electron chi connectivity index (χ4n) is 2.94. The highest BCUT2D eigenvalue weighted by molar-refractivity contribution is 7.12. The standard InChI is InChI=1S/C21H20O5S/c1-12-4-5-16-15(10-21(24)26-19(16)8-12)11-25-20(23)7-6-18(22)17-9-13(2)27-14(17)3/h4-5,8-10H,6-7,11H2,1-3H3. The van der Waals surface area contributed by atoms with Gasteiger partial charge in [-0.25, -0.2) is 4.79 Å². The van der Waals surface area contributed by atoms with E-state index in [-0.39, 0.29) is 25.2 Å². The van der Waals surface area contributed by atoms with E-state index in [1.54, 1.807) is 17.4 Å². The zero-order chi connectivity index (χ0) is 19.6. The third-order valence-corrected chi connectivity index (χ3v) is 5.24. The number of ketones is 1. The quantitative estimate of drug-likeness (QED) is 0.356. The average Bonchev–Trinajstić information content (AvgIpc) is 2.95. The molecule has 0 amide bonds. The molecule has 5 nitrogen and oxygen atoms in total. The van der Waals surface area contributed by atoms with E-state index >= 15 is 0 Å². The molecule has 0 N–H and O–H groups in total.